The van der Waals surface area contributed by atoms with Crippen LogP contribution in [-0.4, -0.2) is 9.97 Å². The van der Waals surface area contributed by atoms with E-state index in [1.54, 1.807) is 0 Å². The zero-order valence-electron chi connectivity index (χ0n) is 10.7. The van der Waals surface area contributed by atoms with Gasteiger partial charge in [0.25, 0.3) is 0 Å². The lowest BCUT2D eigenvalue weighted by molar-refractivity contribution is 0.478. The molecule has 1 aromatic heterocycles. The fourth-order valence-electron chi connectivity index (χ4n) is 1.62. The Morgan fingerprint density at radius 3 is 2.74 bits per heavy atom. The molecule has 3 N–H and O–H groups in total. The topological polar surface area (TPSA) is 64.1 Å². The number of thiocarbonyl (C=S) groups is 1. The lowest BCUT2D eigenvalue weighted by Gasteiger charge is -2.07. The largest absolute Gasteiger partial charge is 0.444 e. The standard InChI is InChI=1S/C13H14BrN3OS/c1-7-8(2)18-12(17-7)6-16-9-3-4-10(13(15)19)11(14)5-9/h3-5,16H,6H2,1-2H3,(H2,15,19). The van der Waals surface area contributed by atoms with E-state index in [1.165, 1.54) is 0 Å². The number of halogens is 1. The van der Waals surface area contributed by atoms with Crippen LogP contribution in [0.4, 0.5) is 5.69 Å². The molecule has 0 aliphatic rings. The van der Waals surface area contributed by atoms with Crippen molar-refractivity contribution in [2.45, 2.75) is 20.4 Å². The van der Waals surface area contributed by atoms with Crippen LogP contribution in [0.1, 0.15) is 22.9 Å². The molecule has 1 heterocycles. The molecule has 0 radical (unpaired) electrons. The van der Waals surface area contributed by atoms with Crippen molar-refractivity contribution in [2.24, 2.45) is 5.73 Å². The van der Waals surface area contributed by atoms with Gasteiger partial charge in [-0.3, -0.25) is 0 Å². The molecule has 0 saturated heterocycles. The number of nitrogens with two attached hydrogens (primary N) is 1. The SMILES string of the molecule is Cc1nc(CNc2ccc(C(N)=S)c(Br)c2)oc1C. The average Bonchev–Trinajstić information content (AvgIpc) is 2.66. The highest BCUT2D eigenvalue weighted by Crippen LogP contribution is 2.22. The molecule has 2 rings (SSSR count). The summed E-state index contributed by atoms with van der Waals surface area (Å²) in [6, 6.07) is 5.72. The predicted octanol–water partition coefficient (Wildman–Crippen LogP) is 3.30. The molecule has 0 aliphatic carbocycles. The van der Waals surface area contributed by atoms with Gasteiger partial charge in [-0.05, 0) is 48.0 Å². The third kappa shape index (κ3) is 3.33. The quantitative estimate of drug-likeness (QED) is 0.836. The number of nitrogens with zero attached hydrogens (tertiary/aromatic N) is 1. The van der Waals surface area contributed by atoms with E-state index in [4.69, 9.17) is 22.4 Å². The molecular weight excluding hydrogens is 326 g/mol. The van der Waals surface area contributed by atoms with Crippen molar-refractivity contribution in [1.82, 2.24) is 4.98 Å². The molecule has 0 atom stereocenters. The van der Waals surface area contributed by atoms with Crippen LogP contribution >= 0.6 is 28.1 Å². The van der Waals surface area contributed by atoms with Crippen molar-refractivity contribution >= 4 is 38.8 Å². The summed E-state index contributed by atoms with van der Waals surface area (Å²) in [6.45, 7) is 4.36. The van der Waals surface area contributed by atoms with E-state index in [1.807, 2.05) is 32.0 Å². The van der Waals surface area contributed by atoms with Crippen LogP contribution in [0.3, 0.4) is 0 Å². The zero-order valence-corrected chi connectivity index (χ0v) is 13.1. The fourth-order valence-corrected chi connectivity index (χ4v) is 2.52. The number of anilines is 1. The van der Waals surface area contributed by atoms with E-state index in [2.05, 4.69) is 26.2 Å². The zero-order chi connectivity index (χ0) is 14.0. The van der Waals surface area contributed by atoms with E-state index < -0.39 is 0 Å². The van der Waals surface area contributed by atoms with Crippen molar-refractivity contribution in [2.75, 3.05) is 5.32 Å². The number of hydrogen-bond acceptors (Lipinski definition) is 4. The summed E-state index contributed by atoms with van der Waals surface area (Å²) in [5.41, 5.74) is 8.29. The van der Waals surface area contributed by atoms with Crippen molar-refractivity contribution < 1.29 is 4.42 Å². The van der Waals surface area contributed by atoms with Gasteiger partial charge in [-0.2, -0.15) is 0 Å². The lowest BCUT2D eigenvalue weighted by Crippen LogP contribution is -2.10. The second-order valence-electron chi connectivity index (χ2n) is 4.16. The smallest absolute Gasteiger partial charge is 0.213 e. The van der Waals surface area contributed by atoms with Gasteiger partial charge in [0.15, 0.2) is 0 Å². The van der Waals surface area contributed by atoms with E-state index >= 15 is 0 Å². The lowest BCUT2D eigenvalue weighted by atomic mass is 10.2. The maximum atomic E-state index is 5.61. The number of aryl methyl sites for hydroxylation is 2. The Labute approximate surface area is 125 Å². The molecule has 6 heteroatoms. The van der Waals surface area contributed by atoms with Crippen molar-refractivity contribution in [3.63, 3.8) is 0 Å². The van der Waals surface area contributed by atoms with Crippen molar-refractivity contribution in [3.05, 3.63) is 45.6 Å². The third-order valence-corrected chi connectivity index (χ3v) is 3.63. The minimum atomic E-state index is 0.373. The van der Waals surface area contributed by atoms with Crippen molar-refractivity contribution in [3.8, 4) is 0 Å². The summed E-state index contributed by atoms with van der Waals surface area (Å²) in [4.78, 5) is 4.68. The van der Waals surface area contributed by atoms with Crippen LogP contribution in [0, 0.1) is 13.8 Å². The van der Waals surface area contributed by atoms with Crippen molar-refractivity contribution in [1.29, 1.82) is 0 Å². The maximum absolute atomic E-state index is 5.61. The van der Waals surface area contributed by atoms with Gasteiger partial charge in [0.1, 0.15) is 10.7 Å². The number of benzene rings is 1. The number of hydrogen-bond donors (Lipinski definition) is 2. The van der Waals surface area contributed by atoms with Gasteiger partial charge in [0, 0.05) is 15.7 Å². The first-order valence-electron chi connectivity index (χ1n) is 5.73. The highest BCUT2D eigenvalue weighted by Gasteiger charge is 2.07. The van der Waals surface area contributed by atoms with E-state index in [0.717, 1.165) is 27.2 Å². The molecule has 0 aliphatic heterocycles. The van der Waals surface area contributed by atoms with Crippen LogP contribution in [0.5, 0.6) is 0 Å². The molecule has 2 aromatic rings. The minimum Gasteiger partial charge on any atom is -0.444 e. The molecule has 0 unspecified atom stereocenters. The molecule has 1 aromatic carbocycles. The molecule has 100 valence electrons. The number of aromatic nitrogens is 1. The summed E-state index contributed by atoms with van der Waals surface area (Å²) in [5, 5.41) is 3.24. The molecule has 0 bridgehead atoms. The highest BCUT2D eigenvalue weighted by molar-refractivity contribution is 9.10. The number of nitrogens with one attached hydrogen (secondary N) is 1. The first-order valence-corrected chi connectivity index (χ1v) is 6.93. The van der Waals surface area contributed by atoms with Gasteiger partial charge in [-0.15, -0.1) is 0 Å². The second kappa shape index (κ2) is 5.71. The molecule has 0 spiro atoms. The summed E-state index contributed by atoms with van der Waals surface area (Å²) >= 11 is 8.40. The van der Waals surface area contributed by atoms with Gasteiger partial charge in [-0.1, -0.05) is 12.2 Å². The Kier molecular flexibility index (Phi) is 4.21. The van der Waals surface area contributed by atoms with Gasteiger partial charge in [0.05, 0.1) is 12.2 Å². The number of oxazole rings is 1. The first kappa shape index (κ1) is 14.0. The van der Waals surface area contributed by atoms with Crippen LogP contribution in [0.15, 0.2) is 27.1 Å². The summed E-state index contributed by atoms with van der Waals surface area (Å²) < 4.78 is 6.37. The van der Waals surface area contributed by atoms with E-state index in [-0.39, 0.29) is 0 Å². The Hall–Kier alpha value is -1.40. The monoisotopic (exact) mass is 339 g/mol. The predicted molar refractivity (Wildman–Crippen MR) is 83.3 cm³/mol. The van der Waals surface area contributed by atoms with Gasteiger partial charge in [-0.25, -0.2) is 4.98 Å². The van der Waals surface area contributed by atoms with Crippen LogP contribution in [-0.2, 0) is 6.54 Å². The normalized spacial score (nSPS) is 10.5. The molecule has 4 nitrogen and oxygen atoms in total. The Morgan fingerprint density at radius 1 is 1.47 bits per heavy atom. The van der Waals surface area contributed by atoms with Crippen LogP contribution < -0.4 is 11.1 Å². The molecule has 0 amide bonds. The van der Waals surface area contributed by atoms with Gasteiger partial charge < -0.3 is 15.5 Å². The second-order valence-corrected chi connectivity index (χ2v) is 5.46. The Balaban J connectivity index is 2.08. The van der Waals surface area contributed by atoms with E-state index in [0.29, 0.717) is 17.4 Å². The first-order chi connectivity index (χ1) is 8.97. The fraction of sp³-hybridized carbons (Fsp3) is 0.231. The molecular formula is C13H14BrN3OS. The van der Waals surface area contributed by atoms with Crippen LogP contribution in [0.25, 0.3) is 0 Å². The maximum Gasteiger partial charge on any atom is 0.213 e. The third-order valence-electron chi connectivity index (χ3n) is 2.75. The highest BCUT2D eigenvalue weighted by atomic mass is 79.9. The molecule has 19 heavy (non-hydrogen) atoms. The van der Waals surface area contributed by atoms with E-state index in [9.17, 15) is 0 Å². The number of rotatable bonds is 4. The summed E-state index contributed by atoms with van der Waals surface area (Å²) in [5.74, 6) is 1.52. The van der Waals surface area contributed by atoms with Crippen LogP contribution in [0.2, 0.25) is 0 Å². The molecule has 0 fully saturated rings. The summed E-state index contributed by atoms with van der Waals surface area (Å²) in [7, 11) is 0. The average molecular weight is 340 g/mol. The Bertz CT molecular complexity index is 605. The minimum absolute atomic E-state index is 0.373. The van der Waals surface area contributed by atoms with Gasteiger partial charge >= 0.3 is 0 Å². The Morgan fingerprint density at radius 2 is 2.21 bits per heavy atom. The summed E-state index contributed by atoms with van der Waals surface area (Å²) in [6.07, 6.45) is 0. The van der Waals surface area contributed by atoms with Gasteiger partial charge in [0.2, 0.25) is 5.89 Å². The molecule has 0 saturated carbocycles.